The number of carbonyl (C=O) groups is 2. The van der Waals surface area contributed by atoms with Crippen molar-refractivity contribution in [3.8, 4) is 5.75 Å². The van der Waals surface area contributed by atoms with Crippen molar-refractivity contribution in [1.82, 2.24) is 19.8 Å². The molecule has 0 aliphatic carbocycles. The SMILES string of the molecule is COc1cc(N2C(=O)Nc3c(C(=O)Nc4ccc(CN5CCN(C)CC5)cc4)sc4ncnc2c34)c(C)cc1Cl. The predicted molar refractivity (Wildman–Crippen MR) is 158 cm³/mol. The number of benzene rings is 2. The number of urea groups is 1. The maximum Gasteiger partial charge on any atom is 0.332 e. The summed E-state index contributed by atoms with van der Waals surface area (Å²) in [5, 5.41) is 6.91. The number of halogens is 1. The zero-order valence-electron chi connectivity index (χ0n) is 22.3. The number of carbonyl (C=O) groups excluding carboxylic acids is 2. The van der Waals surface area contributed by atoms with Gasteiger partial charge in [-0.05, 0) is 43.3 Å². The first-order valence-electron chi connectivity index (χ1n) is 12.9. The fourth-order valence-electron chi connectivity index (χ4n) is 5.03. The normalized spacial score (nSPS) is 15.8. The predicted octanol–water partition coefficient (Wildman–Crippen LogP) is 5.35. The molecule has 2 aromatic carbocycles. The molecule has 2 aliphatic rings. The van der Waals surface area contributed by atoms with Crippen LogP contribution in [0.15, 0.2) is 42.7 Å². The number of amides is 3. The van der Waals surface area contributed by atoms with E-state index >= 15 is 0 Å². The molecule has 2 aromatic heterocycles. The van der Waals surface area contributed by atoms with Crippen molar-refractivity contribution in [1.29, 1.82) is 0 Å². The van der Waals surface area contributed by atoms with Crippen molar-refractivity contribution in [3.63, 3.8) is 0 Å². The first-order valence-corrected chi connectivity index (χ1v) is 14.1. The van der Waals surface area contributed by atoms with Crippen LogP contribution in [0.3, 0.4) is 0 Å². The lowest BCUT2D eigenvalue weighted by Gasteiger charge is -2.32. The zero-order chi connectivity index (χ0) is 28.0. The van der Waals surface area contributed by atoms with Crippen LogP contribution in [0.4, 0.5) is 27.7 Å². The lowest BCUT2D eigenvalue weighted by Crippen LogP contribution is -2.43. The summed E-state index contributed by atoms with van der Waals surface area (Å²) in [6, 6.07) is 10.9. The standard InChI is InChI=1S/C28H28ClN7O3S/c1-16-12-19(29)21(39-3)13-20(16)36-25-22-23(33-28(36)38)24(40-27(22)31-15-30-25)26(37)32-18-6-4-17(5-7-18)14-35-10-8-34(2)9-11-35/h4-7,12-13,15H,8-11,14H2,1-3H3,(H,32,37)(H,33,38). The van der Waals surface area contributed by atoms with E-state index in [4.69, 9.17) is 16.3 Å². The summed E-state index contributed by atoms with van der Waals surface area (Å²) < 4.78 is 5.37. The van der Waals surface area contributed by atoms with E-state index in [1.54, 1.807) is 12.1 Å². The van der Waals surface area contributed by atoms with Gasteiger partial charge < -0.3 is 20.3 Å². The molecule has 1 saturated heterocycles. The molecule has 0 bridgehead atoms. The van der Waals surface area contributed by atoms with Crippen molar-refractivity contribution >= 4 is 68.0 Å². The lowest BCUT2D eigenvalue weighted by atomic mass is 10.1. The lowest BCUT2D eigenvalue weighted by molar-refractivity contribution is 0.103. The monoisotopic (exact) mass is 577 g/mol. The zero-order valence-corrected chi connectivity index (χ0v) is 23.9. The van der Waals surface area contributed by atoms with Crippen molar-refractivity contribution in [2.24, 2.45) is 0 Å². The molecule has 1 fully saturated rings. The van der Waals surface area contributed by atoms with Crippen molar-refractivity contribution in [3.05, 3.63) is 63.8 Å². The van der Waals surface area contributed by atoms with Crippen molar-refractivity contribution in [2.75, 3.05) is 55.9 Å². The van der Waals surface area contributed by atoms with Crippen LogP contribution >= 0.6 is 22.9 Å². The molecule has 10 nitrogen and oxygen atoms in total. The minimum Gasteiger partial charge on any atom is -0.495 e. The molecule has 12 heteroatoms. The van der Waals surface area contributed by atoms with E-state index in [1.165, 1.54) is 35.2 Å². The topological polar surface area (TPSA) is 103 Å². The highest BCUT2D eigenvalue weighted by atomic mass is 35.5. The van der Waals surface area contributed by atoms with Gasteiger partial charge in [0.25, 0.3) is 5.91 Å². The third-order valence-electron chi connectivity index (χ3n) is 7.25. The number of hydrogen-bond donors (Lipinski definition) is 2. The molecule has 0 saturated carbocycles. The van der Waals surface area contributed by atoms with Crippen LogP contribution in [0, 0.1) is 6.92 Å². The molecule has 2 N–H and O–H groups in total. The quantitative estimate of drug-likeness (QED) is 0.319. The second-order valence-corrected chi connectivity index (χ2v) is 11.4. The number of ether oxygens (including phenoxy) is 1. The van der Waals surface area contributed by atoms with Gasteiger partial charge in [-0.1, -0.05) is 23.7 Å². The number of thiophene rings is 1. The Morgan fingerprint density at radius 3 is 2.62 bits per heavy atom. The summed E-state index contributed by atoms with van der Waals surface area (Å²) in [7, 11) is 3.66. The highest BCUT2D eigenvalue weighted by Crippen LogP contribution is 2.46. The number of aromatic nitrogens is 2. The van der Waals surface area contributed by atoms with Gasteiger partial charge in [0.05, 0.1) is 28.9 Å². The first kappa shape index (κ1) is 26.5. The molecule has 3 amide bonds. The number of nitrogens with zero attached hydrogens (tertiary/aromatic N) is 5. The third kappa shape index (κ3) is 4.86. The van der Waals surface area contributed by atoms with Gasteiger partial charge in [-0.2, -0.15) is 0 Å². The Hall–Kier alpha value is -3.77. The van der Waals surface area contributed by atoms with Gasteiger partial charge in [0.1, 0.15) is 21.8 Å². The van der Waals surface area contributed by atoms with E-state index < -0.39 is 6.03 Å². The molecule has 2 aliphatic heterocycles. The molecule has 4 aromatic rings. The fraction of sp³-hybridized carbons (Fsp3) is 0.286. The molecule has 0 atom stereocenters. The average Bonchev–Trinajstić information content (AvgIpc) is 3.31. The van der Waals surface area contributed by atoms with Gasteiger partial charge in [-0.3, -0.25) is 9.69 Å². The molecule has 0 unspecified atom stereocenters. The second-order valence-electron chi connectivity index (χ2n) is 9.95. The average molecular weight is 578 g/mol. The largest absolute Gasteiger partial charge is 0.495 e. The highest BCUT2D eigenvalue weighted by Gasteiger charge is 2.34. The maximum atomic E-state index is 13.4. The van der Waals surface area contributed by atoms with Gasteiger partial charge in [-0.15, -0.1) is 11.3 Å². The van der Waals surface area contributed by atoms with E-state index in [9.17, 15) is 9.59 Å². The van der Waals surface area contributed by atoms with Crippen LogP contribution in [-0.2, 0) is 6.54 Å². The Morgan fingerprint density at radius 1 is 1.15 bits per heavy atom. The number of likely N-dealkylation sites (N-methyl/N-ethyl adjacent to an activating group) is 1. The van der Waals surface area contributed by atoms with E-state index in [2.05, 4.69) is 37.4 Å². The maximum absolute atomic E-state index is 13.4. The van der Waals surface area contributed by atoms with E-state index in [0.717, 1.165) is 38.3 Å². The number of methoxy groups -OCH3 is 1. The first-order chi connectivity index (χ1) is 19.3. The van der Waals surface area contributed by atoms with Gasteiger partial charge in [-0.25, -0.2) is 19.7 Å². The Balaban J connectivity index is 1.26. The van der Waals surface area contributed by atoms with Gasteiger partial charge in [0.15, 0.2) is 5.82 Å². The van der Waals surface area contributed by atoms with Crippen LogP contribution in [0.25, 0.3) is 10.2 Å². The number of anilines is 4. The number of hydrogen-bond acceptors (Lipinski definition) is 8. The van der Waals surface area contributed by atoms with E-state index in [1.807, 2.05) is 31.2 Å². The summed E-state index contributed by atoms with van der Waals surface area (Å²) in [5.74, 6) is 0.500. The van der Waals surface area contributed by atoms with Crippen LogP contribution in [0.2, 0.25) is 5.02 Å². The molecule has 0 radical (unpaired) electrons. The number of aryl methyl sites for hydroxylation is 1. The van der Waals surface area contributed by atoms with Crippen LogP contribution in [0.5, 0.6) is 5.75 Å². The third-order valence-corrected chi connectivity index (χ3v) is 8.64. The number of nitrogens with one attached hydrogen (secondary N) is 2. The molecule has 40 heavy (non-hydrogen) atoms. The molecular formula is C28H28ClN7O3S. The summed E-state index contributed by atoms with van der Waals surface area (Å²) >= 11 is 7.49. The number of rotatable bonds is 6. The van der Waals surface area contributed by atoms with Crippen molar-refractivity contribution < 1.29 is 14.3 Å². The molecular weight excluding hydrogens is 550 g/mol. The van der Waals surface area contributed by atoms with E-state index in [0.29, 0.717) is 48.7 Å². The fourth-order valence-corrected chi connectivity index (χ4v) is 6.32. The molecule has 0 spiro atoms. The Morgan fingerprint density at radius 2 is 1.90 bits per heavy atom. The Kier molecular flexibility index (Phi) is 7.05. The van der Waals surface area contributed by atoms with Crippen molar-refractivity contribution in [2.45, 2.75) is 13.5 Å². The minimum absolute atomic E-state index is 0.325. The highest BCUT2D eigenvalue weighted by molar-refractivity contribution is 7.21. The Bertz CT molecular complexity index is 1620. The molecule has 6 rings (SSSR count). The minimum atomic E-state index is -0.444. The van der Waals surface area contributed by atoms with Gasteiger partial charge in [0, 0.05) is 44.5 Å². The summed E-state index contributed by atoms with van der Waals surface area (Å²) in [6.07, 6.45) is 1.40. The molecule has 4 heterocycles. The van der Waals surface area contributed by atoms with Gasteiger partial charge in [0.2, 0.25) is 0 Å². The smallest absolute Gasteiger partial charge is 0.332 e. The molecule has 206 valence electrons. The summed E-state index contributed by atoms with van der Waals surface area (Å²) in [6.45, 7) is 6.96. The van der Waals surface area contributed by atoms with Crippen LogP contribution in [-0.4, -0.2) is 72.0 Å². The second kappa shape index (κ2) is 10.7. The Labute approximate surface area is 240 Å². The van der Waals surface area contributed by atoms with E-state index in [-0.39, 0.29) is 5.91 Å². The summed E-state index contributed by atoms with van der Waals surface area (Å²) in [5.41, 5.74) is 3.61. The van der Waals surface area contributed by atoms with Gasteiger partial charge >= 0.3 is 6.03 Å². The van der Waals surface area contributed by atoms with Crippen LogP contribution in [0.1, 0.15) is 20.8 Å². The number of piperazine rings is 1. The van der Waals surface area contributed by atoms with Crippen LogP contribution < -0.4 is 20.3 Å². The summed E-state index contributed by atoms with van der Waals surface area (Å²) in [4.78, 5) is 42.8.